The molecule has 1 aliphatic rings. The first kappa shape index (κ1) is 17.0. The van der Waals surface area contributed by atoms with Gasteiger partial charge in [-0.1, -0.05) is 0 Å². The second kappa shape index (κ2) is 6.41. The van der Waals surface area contributed by atoms with Crippen LogP contribution in [-0.4, -0.2) is 52.3 Å². The van der Waals surface area contributed by atoms with E-state index in [1.54, 1.807) is 0 Å². The van der Waals surface area contributed by atoms with Crippen molar-refractivity contribution in [2.24, 2.45) is 0 Å². The number of carboxylic acid groups (broad SMARTS) is 1. The lowest BCUT2D eigenvalue weighted by molar-refractivity contribution is -0.159. The Balaban J connectivity index is 2.15. The SMILES string of the molecule is O=C(O)[C@H]1CN(C(=O)Cn2cccc(C(F)(F)F)c2=O)CCO1. The van der Waals surface area contributed by atoms with Crippen molar-refractivity contribution >= 4 is 11.9 Å². The van der Waals surface area contributed by atoms with Crippen molar-refractivity contribution in [3.8, 4) is 0 Å². The van der Waals surface area contributed by atoms with Crippen molar-refractivity contribution in [3.63, 3.8) is 0 Å². The Hall–Kier alpha value is -2.36. The van der Waals surface area contributed by atoms with Gasteiger partial charge in [0, 0.05) is 12.7 Å². The molecule has 126 valence electrons. The van der Waals surface area contributed by atoms with E-state index in [1.807, 2.05) is 0 Å². The number of aliphatic carboxylic acids is 1. The molecule has 0 aliphatic carbocycles. The maximum Gasteiger partial charge on any atom is 0.421 e. The Labute approximate surface area is 127 Å². The summed E-state index contributed by atoms with van der Waals surface area (Å²) in [4.78, 5) is 35.8. The number of ether oxygens (including phenoxy) is 1. The van der Waals surface area contributed by atoms with Crippen LogP contribution < -0.4 is 5.56 Å². The van der Waals surface area contributed by atoms with Crippen LogP contribution in [0.15, 0.2) is 23.1 Å². The van der Waals surface area contributed by atoms with Crippen LogP contribution in [0, 0.1) is 0 Å². The average Bonchev–Trinajstić information content (AvgIpc) is 2.48. The van der Waals surface area contributed by atoms with Crippen molar-refractivity contribution in [3.05, 3.63) is 34.2 Å². The Kier molecular flexibility index (Phi) is 4.73. The van der Waals surface area contributed by atoms with Gasteiger partial charge in [0.1, 0.15) is 12.1 Å². The van der Waals surface area contributed by atoms with Crippen molar-refractivity contribution in [1.82, 2.24) is 9.47 Å². The van der Waals surface area contributed by atoms with Gasteiger partial charge in [0.25, 0.3) is 5.56 Å². The summed E-state index contributed by atoms with van der Waals surface area (Å²) in [6.45, 7) is -0.715. The van der Waals surface area contributed by atoms with E-state index in [-0.39, 0.29) is 19.7 Å². The average molecular weight is 334 g/mol. The molecule has 0 radical (unpaired) electrons. The van der Waals surface area contributed by atoms with Crippen molar-refractivity contribution < 1.29 is 32.6 Å². The van der Waals surface area contributed by atoms with Gasteiger partial charge in [-0.2, -0.15) is 13.2 Å². The van der Waals surface area contributed by atoms with Gasteiger partial charge in [-0.15, -0.1) is 0 Å². The van der Waals surface area contributed by atoms with Gasteiger partial charge in [-0.3, -0.25) is 9.59 Å². The summed E-state index contributed by atoms with van der Waals surface area (Å²) in [5, 5.41) is 8.85. The third kappa shape index (κ3) is 3.89. The maximum absolute atomic E-state index is 12.7. The van der Waals surface area contributed by atoms with Crippen LogP contribution in [0.5, 0.6) is 0 Å². The molecule has 2 rings (SSSR count). The summed E-state index contributed by atoms with van der Waals surface area (Å²) in [6, 6.07) is 1.66. The van der Waals surface area contributed by atoms with E-state index in [2.05, 4.69) is 0 Å². The number of morpholine rings is 1. The lowest BCUT2D eigenvalue weighted by Crippen LogP contribution is -2.50. The molecule has 0 unspecified atom stereocenters. The molecule has 1 aliphatic heterocycles. The highest BCUT2D eigenvalue weighted by atomic mass is 19.4. The molecule has 7 nitrogen and oxygen atoms in total. The standard InChI is InChI=1S/C13H13F3N2O5/c14-13(15,16)8-2-1-3-18(11(8)20)7-10(19)17-4-5-23-9(6-17)12(21)22/h1-3,9H,4-7H2,(H,21,22)/t9-/m1/s1. The zero-order valence-corrected chi connectivity index (χ0v) is 11.7. The number of nitrogens with zero attached hydrogens (tertiary/aromatic N) is 2. The van der Waals surface area contributed by atoms with Crippen LogP contribution in [0.2, 0.25) is 0 Å². The summed E-state index contributed by atoms with van der Waals surface area (Å²) < 4.78 is 43.6. The molecule has 23 heavy (non-hydrogen) atoms. The molecule has 1 aromatic heterocycles. The lowest BCUT2D eigenvalue weighted by atomic mass is 10.2. The summed E-state index contributed by atoms with van der Waals surface area (Å²) in [7, 11) is 0. The summed E-state index contributed by atoms with van der Waals surface area (Å²) in [5.41, 5.74) is -2.69. The monoisotopic (exact) mass is 334 g/mol. The Morgan fingerprint density at radius 1 is 1.39 bits per heavy atom. The largest absolute Gasteiger partial charge is 0.479 e. The summed E-state index contributed by atoms with van der Waals surface area (Å²) in [5.74, 6) is -1.89. The number of rotatable bonds is 3. The lowest BCUT2D eigenvalue weighted by Gasteiger charge is -2.31. The Bertz CT molecular complexity index is 670. The second-order valence-corrected chi connectivity index (χ2v) is 4.89. The number of carbonyl (C=O) groups excluding carboxylic acids is 1. The zero-order chi connectivity index (χ0) is 17.2. The molecule has 0 spiro atoms. The Morgan fingerprint density at radius 2 is 2.09 bits per heavy atom. The van der Waals surface area contributed by atoms with Gasteiger partial charge < -0.3 is 19.3 Å². The van der Waals surface area contributed by atoms with Crippen molar-refractivity contribution in [1.29, 1.82) is 0 Å². The number of halogens is 3. The van der Waals surface area contributed by atoms with E-state index in [1.165, 1.54) is 0 Å². The molecule has 1 amide bonds. The molecule has 0 saturated carbocycles. The number of alkyl halides is 3. The molecule has 1 atom stereocenters. The first-order chi connectivity index (χ1) is 10.7. The van der Waals surface area contributed by atoms with E-state index >= 15 is 0 Å². The molecule has 0 aromatic carbocycles. The number of hydrogen-bond donors (Lipinski definition) is 1. The van der Waals surface area contributed by atoms with Crippen LogP contribution in [0.25, 0.3) is 0 Å². The molecule has 1 fully saturated rings. The third-order valence-electron chi connectivity index (χ3n) is 3.33. The molecule has 1 saturated heterocycles. The van der Waals surface area contributed by atoms with Crippen LogP contribution in [0.4, 0.5) is 13.2 Å². The number of carboxylic acids is 1. The predicted octanol–water partition coefficient (Wildman–Crippen LogP) is 0.179. The fraction of sp³-hybridized carbons (Fsp3) is 0.462. The fourth-order valence-electron chi connectivity index (χ4n) is 2.15. The minimum atomic E-state index is -4.81. The number of amides is 1. The highest BCUT2D eigenvalue weighted by molar-refractivity contribution is 5.78. The fourth-order valence-corrected chi connectivity index (χ4v) is 2.15. The topological polar surface area (TPSA) is 88.8 Å². The van der Waals surface area contributed by atoms with Crippen LogP contribution in [0.3, 0.4) is 0 Å². The van der Waals surface area contributed by atoms with Gasteiger partial charge >= 0.3 is 12.1 Å². The van der Waals surface area contributed by atoms with Gasteiger partial charge in [-0.05, 0) is 12.1 Å². The van der Waals surface area contributed by atoms with Gasteiger partial charge in [0.05, 0.1) is 13.2 Å². The molecule has 10 heteroatoms. The summed E-state index contributed by atoms with van der Waals surface area (Å²) in [6.07, 6.45) is -4.92. The second-order valence-electron chi connectivity index (χ2n) is 4.89. The number of hydrogen-bond acceptors (Lipinski definition) is 4. The normalized spacial score (nSPS) is 18.7. The molecule has 1 aromatic rings. The van der Waals surface area contributed by atoms with E-state index in [0.717, 1.165) is 17.2 Å². The minimum Gasteiger partial charge on any atom is -0.479 e. The van der Waals surface area contributed by atoms with Crippen molar-refractivity contribution in [2.75, 3.05) is 19.7 Å². The number of aromatic nitrogens is 1. The van der Waals surface area contributed by atoms with Gasteiger partial charge in [0.15, 0.2) is 6.10 Å². The van der Waals surface area contributed by atoms with Crippen LogP contribution in [-0.2, 0) is 27.0 Å². The highest BCUT2D eigenvalue weighted by Crippen LogP contribution is 2.25. The van der Waals surface area contributed by atoms with Gasteiger partial charge in [-0.25, -0.2) is 4.79 Å². The molecule has 0 bridgehead atoms. The summed E-state index contributed by atoms with van der Waals surface area (Å²) >= 11 is 0. The molecule has 2 heterocycles. The molecular formula is C13H13F3N2O5. The Morgan fingerprint density at radius 3 is 2.70 bits per heavy atom. The van der Waals surface area contributed by atoms with Gasteiger partial charge in [0.2, 0.25) is 5.91 Å². The van der Waals surface area contributed by atoms with Crippen LogP contribution >= 0.6 is 0 Å². The quantitative estimate of drug-likeness (QED) is 0.852. The number of carbonyl (C=O) groups is 2. The first-order valence-corrected chi connectivity index (χ1v) is 6.59. The first-order valence-electron chi connectivity index (χ1n) is 6.59. The van der Waals surface area contributed by atoms with E-state index in [0.29, 0.717) is 10.6 Å². The maximum atomic E-state index is 12.7. The molecular weight excluding hydrogens is 321 g/mol. The molecule has 1 N–H and O–H groups in total. The smallest absolute Gasteiger partial charge is 0.421 e. The van der Waals surface area contributed by atoms with Crippen LogP contribution in [0.1, 0.15) is 5.56 Å². The zero-order valence-electron chi connectivity index (χ0n) is 11.7. The van der Waals surface area contributed by atoms with E-state index in [9.17, 15) is 27.6 Å². The highest BCUT2D eigenvalue weighted by Gasteiger charge is 2.35. The number of pyridine rings is 1. The van der Waals surface area contributed by atoms with E-state index in [4.69, 9.17) is 9.84 Å². The predicted molar refractivity (Wildman–Crippen MR) is 69.7 cm³/mol. The van der Waals surface area contributed by atoms with E-state index < -0.39 is 41.8 Å². The van der Waals surface area contributed by atoms with Crippen molar-refractivity contribution in [2.45, 2.75) is 18.8 Å². The third-order valence-corrected chi connectivity index (χ3v) is 3.33. The minimum absolute atomic E-state index is 0.000195.